The third-order valence-electron chi connectivity index (χ3n) is 4.50. The number of carbonyl (C=O) groups excluding carboxylic acids is 1. The van der Waals surface area contributed by atoms with Gasteiger partial charge in [0.05, 0.1) is 12.6 Å². The first-order chi connectivity index (χ1) is 12.7. The molecule has 2 aromatic heterocycles. The molecule has 2 aromatic rings. The number of carbonyl (C=O) groups is 1. The van der Waals surface area contributed by atoms with Crippen LogP contribution < -0.4 is 5.32 Å². The first-order valence-corrected chi connectivity index (χ1v) is 8.66. The minimum Gasteiger partial charge on any atom is -0.504 e. The van der Waals surface area contributed by atoms with Crippen LogP contribution in [0.4, 0.5) is 5.82 Å². The zero-order chi connectivity index (χ0) is 18.1. The van der Waals surface area contributed by atoms with Crippen molar-refractivity contribution in [3.8, 4) is 5.75 Å². The van der Waals surface area contributed by atoms with E-state index in [-0.39, 0.29) is 29.7 Å². The number of hydrogen-bond donors (Lipinski definition) is 2. The van der Waals surface area contributed by atoms with E-state index in [9.17, 15) is 9.90 Å². The minimum atomic E-state index is -0.579. The van der Waals surface area contributed by atoms with E-state index in [2.05, 4.69) is 15.3 Å². The average molecular weight is 353 g/mol. The Kier molecular flexibility index (Phi) is 4.30. The molecule has 2 N–H and O–H groups in total. The van der Waals surface area contributed by atoms with E-state index in [0.717, 1.165) is 30.5 Å². The summed E-state index contributed by atoms with van der Waals surface area (Å²) >= 11 is 0. The second-order valence-corrected chi connectivity index (χ2v) is 6.16. The van der Waals surface area contributed by atoms with Crippen molar-refractivity contribution in [1.29, 1.82) is 0 Å². The number of aliphatic imine (C=N–C) groups is 1. The Morgan fingerprint density at radius 1 is 1.54 bits per heavy atom. The van der Waals surface area contributed by atoms with Crippen LogP contribution in [0.5, 0.6) is 5.75 Å². The number of pyridine rings is 1. The molecular formula is C19H19N3O4. The second-order valence-electron chi connectivity index (χ2n) is 6.16. The summed E-state index contributed by atoms with van der Waals surface area (Å²) < 4.78 is 11.0. The minimum absolute atomic E-state index is 0.0967. The maximum atomic E-state index is 12.4. The van der Waals surface area contributed by atoms with Crippen LogP contribution >= 0.6 is 0 Å². The SMILES string of the molecule is CCOC(=O)c1c(C2CCCN2)oc(C=C2C=Nc3ncccc32)c1O. The van der Waals surface area contributed by atoms with Crippen molar-refractivity contribution in [2.75, 3.05) is 13.2 Å². The molecule has 1 saturated heterocycles. The largest absolute Gasteiger partial charge is 0.504 e. The lowest BCUT2D eigenvalue weighted by Gasteiger charge is -2.09. The van der Waals surface area contributed by atoms with Crippen molar-refractivity contribution in [1.82, 2.24) is 10.3 Å². The van der Waals surface area contributed by atoms with Gasteiger partial charge in [-0.05, 0) is 44.5 Å². The zero-order valence-corrected chi connectivity index (χ0v) is 14.4. The van der Waals surface area contributed by atoms with E-state index in [1.807, 2.05) is 12.1 Å². The molecule has 7 heteroatoms. The molecule has 0 aromatic carbocycles. The van der Waals surface area contributed by atoms with Crippen molar-refractivity contribution >= 4 is 29.7 Å². The molecule has 4 heterocycles. The van der Waals surface area contributed by atoms with Gasteiger partial charge in [-0.3, -0.25) is 0 Å². The fourth-order valence-electron chi connectivity index (χ4n) is 3.29. The highest BCUT2D eigenvalue weighted by atomic mass is 16.5. The van der Waals surface area contributed by atoms with Gasteiger partial charge in [0.2, 0.25) is 0 Å². The summed E-state index contributed by atoms with van der Waals surface area (Å²) in [6.45, 7) is 2.80. The number of aromatic hydroxyl groups is 1. The van der Waals surface area contributed by atoms with Gasteiger partial charge in [0, 0.05) is 23.5 Å². The van der Waals surface area contributed by atoms with E-state index in [0.29, 0.717) is 11.6 Å². The summed E-state index contributed by atoms with van der Waals surface area (Å²) in [6.07, 6.45) is 6.83. The summed E-state index contributed by atoms with van der Waals surface area (Å²) in [5, 5.41) is 13.9. The van der Waals surface area contributed by atoms with Crippen molar-refractivity contribution in [3.05, 3.63) is 41.0 Å². The molecule has 1 unspecified atom stereocenters. The number of fused-ring (bicyclic) bond motifs is 1. The van der Waals surface area contributed by atoms with Crippen molar-refractivity contribution in [3.63, 3.8) is 0 Å². The van der Waals surface area contributed by atoms with Crippen LogP contribution in [-0.4, -0.2) is 35.4 Å². The highest BCUT2D eigenvalue weighted by Crippen LogP contribution is 2.39. The van der Waals surface area contributed by atoms with Crippen LogP contribution in [0, 0.1) is 0 Å². The van der Waals surface area contributed by atoms with Gasteiger partial charge in [0.25, 0.3) is 0 Å². The summed E-state index contributed by atoms with van der Waals surface area (Å²) in [4.78, 5) is 20.8. The normalized spacial score (nSPS) is 19.9. The predicted octanol–water partition coefficient (Wildman–Crippen LogP) is 3.24. The molecule has 7 nitrogen and oxygen atoms in total. The molecule has 0 aliphatic carbocycles. The molecule has 0 saturated carbocycles. The van der Waals surface area contributed by atoms with Gasteiger partial charge < -0.3 is 19.6 Å². The number of nitrogens with zero attached hydrogens (tertiary/aromatic N) is 2. The van der Waals surface area contributed by atoms with Crippen molar-refractivity contribution in [2.45, 2.75) is 25.8 Å². The molecule has 0 bridgehead atoms. The fraction of sp³-hybridized carbons (Fsp3) is 0.316. The quantitative estimate of drug-likeness (QED) is 0.819. The molecule has 4 rings (SSSR count). The number of allylic oxidation sites excluding steroid dienone is 1. The van der Waals surface area contributed by atoms with Crippen molar-refractivity contribution < 1.29 is 19.1 Å². The second kappa shape index (κ2) is 6.76. The number of ether oxygens (including phenoxy) is 1. The maximum Gasteiger partial charge on any atom is 0.345 e. The lowest BCUT2D eigenvalue weighted by molar-refractivity contribution is 0.0520. The van der Waals surface area contributed by atoms with Gasteiger partial charge in [0.1, 0.15) is 11.3 Å². The molecule has 26 heavy (non-hydrogen) atoms. The van der Waals surface area contributed by atoms with Crippen molar-refractivity contribution in [2.24, 2.45) is 4.99 Å². The Hall–Kier alpha value is -2.93. The van der Waals surface area contributed by atoms with E-state index in [4.69, 9.17) is 9.15 Å². The summed E-state index contributed by atoms with van der Waals surface area (Å²) in [6, 6.07) is 3.60. The lowest BCUT2D eigenvalue weighted by Crippen LogP contribution is -2.16. The third kappa shape index (κ3) is 2.80. The molecule has 1 fully saturated rings. The Morgan fingerprint density at radius 3 is 3.19 bits per heavy atom. The number of furan rings is 1. The van der Waals surface area contributed by atoms with E-state index in [1.54, 1.807) is 25.4 Å². The van der Waals surface area contributed by atoms with Gasteiger partial charge in [-0.1, -0.05) is 0 Å². The van der Waals surface area contributed by atoms with Crippen LogP contribution in [0.2, 0.25) is 0 Å². The van der Waals surface area contributed by atoms with Crippen LogP contribution in [0.25, 0.3) is 11.6 Å². The number of nitrogens with one attached hydrogen (secondary N) is 1. The number of esters is 1. The van der Waals surface area contributed by atoms with Gasteiger partial charge in [-0.15, -0.1) is 0 Å². The van der Waals surface area contributed by atoms with Gasteiger partial charge in [-0.2, -0.15) is 0 Å². The molecule has 0 amide bonds. The van der Waals surface area contributed by atoms with Gasteiger partial charge >= 0.3 is 5.97 Å². The average Bonchev–Trinajstić information content (AvgIpc) is 3.36. The Labute approximate surface area is 150 Å². The topological polar surface area (TPSA) is 97.0 Å². The van der Waals surface area contributed by atoms with Crippen LogP contribution in [0.15, 0.2) is 27.7 Å². The monoisotopic (exact) mass is 353 g/mol. The fourth-order valence-corrected chi connectivity index (χ4v) is 3.29. The molecular weight excluding hydrogens is 334 g/mol. The van der Waals surface area contributed by atoms with E-state index >= 15 is 0 Å². The predicted molar refractivity (Wildman–Crippen MR) is 96.6 cm³/mol. The maximum absolute atomic E-state index is 12.4. The molecule has 0 radical (unpaired) electrons. The Bertz CT molecular complexity index is 908. The highest BCUT2D eigenvalue weighted by molar-refractivity contribution is 6.21. The van der Waals surface area contributed by atoms with E-state index in [1.165, 1.54) is 0 Å². The molecule has 0 spiro atoms. The van der Waals surface area contributed by atoms with E-state index < -0.39 is 5.97 Å². The first-order valence-electron chi connectivity index (χ1n) is 8.66. The highest BCUT2D eigenvalue weighted by Gasteiger charge is 2.32. The molecule has 2 aliphatic rings. The Morgan fingerprint density at radius 2 is 2.42 bits per heavy atom. The van der Waals surface area contributed by atoms with Crippen LogP contribution in [-0.2, 0) is 4.74 Å². The third-order valence-corrected chi connectivity index (χ3v) is 4.50. The number of rotatable bonds is 4. The van der Waals surface area contributed by atoms with Gasteiger partial charge in [-0.25, -0.2) is 14.8 Å². The summed E-state index contributed by atoms with van der Waals surface area (Å²) in [5.74, 6) is 0.476. The smallest absolute Gasteiger partial charge is 0.345 e. The summed E-state index contributed by atoms with van der Waals surface area (Å²) in [5.41, 5.74) is 1.71. The first kappa shape index (κ1) is 16.5. The number of hydrogen-bond acceptors (Lipinski definition) is 7. The molecule has 1 atom stereocenters. The molecule has 2 aliphatic heterocycles. The number of aromatic nitrogens is 1. The van der Waals surface area contributed by atoms with Crippen LogP contribution in [0.1, 0.15) is 53.2 Å². The standard InChI is InChI=1S/C19H19N3O4/c1-2-25-19(24)15-16(23)14(26-17(15)13-6-4-7-20-13)9-11-10-22-18-12(11)5-3-8-21-18/h3,5,8-10,13,20,23H,2,4,6-7H2,1H3. The lowest BCUT2D eigenvalue weighted by atomic mass is 10.1. The van der Waals surface area contributed by atoms with Gasteiger partial charge in [0.15, 0.2) is 17.3 Å². The zero-order valence-electron chi connectivity index (χ0n) is 14.4. The summed E-state index contributed by atoms with van der Waals surface area (Å²) in [7, 11) is 0. The van der Waals surface area contributed by atoms with Crippen LogP contribution in [0.3, 0.4) is 0 Å². The Balaban J connectivity index is 1.78. The molecule has 134 valence electrons.